The van der Waals surface area contributed by atoms with Gasteiger partial charge in [-0.15, -0.1) is 0 Å². The highest BCUT2D eigenvalue weighted by molar-refractivity contribution is 7.89. The lowest BCUT2D eigenvalue weighted by Gasteiger charge is -2.26. The summed E-state index contributed by atoms with van der Waals surface area (Å²) in [5.74, 6) is 0. The van der Waals surface area contributed by atoms with Gasteiger partial charge in [0.05, 0.1) is 39.1 Å². The summed E-state index contributed by atoms with van der Waals surface area (Å²) in [6.07, 6.45) is 1.78. The summed E-state index contributed by atoms with van der Waals surface area (Å²) in [6.45, 7) is 5.04. The number of sulfonamides is 1. The molecule has 0 atom stereocenters. The topological polar surface area (TPSA) is 41.3 Å². The SMILES string of the molecule is C=Cc1sc2cc(S(=O)(=O)N(C)CC[N+](C)(C)C)ccc2[n+]1C. The molecule has 1 heterocycles. The van der Waals surface area contributed by atoms with Crippen LogP contribution >= 0.6 is 11.3 Å². The summed E-state index contributed by atoms with van der Waals surface area (Å²) < 4.78 is 30.6. The molecule has 126 valence electrons. The molecule has 7 heteroatoms. The van der Waals surface area contributed by atoms with Crippen molar-refractivity contribution in [2.24, 2.45) is 7.05 Å². The summed E-state index contributed by atoms with van der Waals surface area (Å²) >= 11 is 1.54. The summed E-state index contributed by atoms with van der Waals surface area (Å²) in [5, 5.41) is 1.01. The van der Waals surface area contributed by atoms with Crippen LogP contribution in [0.15, 0.2) is 29.7 Å². The molecule has 0 fully saturated rings. The van der Waals surface area contributed by atoms with Crippen molar-refractivity contribution >= 4 is 37.7 Å². The number of quaternary nitrogens is 1. The molecule has 5 nitrogen and oxygen atoms in total. The van der Waals surface area contributed by atoms with E-state index in [1.54, 1.807) is 36.6 Å². The van der Waals surface area contributed by atoms with Gasteiger partial charge in [-0.3, -0.25) is 0 Å². The number of fused-ring (bicyclic) bond motifs is 1. The van der Waals surface area contributed by atoms with E-state index in [1.165, 1.54) is 4.31 Å². The molecule has 0 bridgehead atoms. The van der Waals surface area contributed by atoms with E-state index in [2.05, 4.69) is 27.7 Å². The highest BCUT2D eigenvalue weighted by atomic mass is 32.2. The Labute approximate surface area is 142 Å². The number of hydrogen-bond acceptors (Lipinski definition) is 3. The molecule has 0 radical (unpaired) electrons. The van der Waals surface area contributed by atoms with Crippen molar-refractivity contribution in [3.05, 3.63) is 29.8 Å². The lowest BCUT2D eigenvalue weighted by Crippen LogP contribution is -2.42. The third-order valence-electron chi connectivity index (χ3n) is 3.81. The van der Waals surface area contributed by atoms with Gasteiger partial charge in [0.2, 0.25) is 15.5 Å². The van der Waals surface area contributed by atoms with Crippen molar-refractivity contribution in [3.63, 3.8) is 0 Å². The van der Waals surface area contributed by atoms with E-state index in [1.807, 2.05) is 17.7 Å². The first-order valence-corrected chi connectivity index (χ1v) is 9.64. The second-order valence-electron chi connectivity index (χ2n) is 6.67. The Kier molecular flexibility index (Phi) is 4.96. The van der Waals surface area contributed by atoms with Gasteiger partial charge in [-0.1, -0.05) is 17.9 Å². The predicted octanol–water partition coefficient (Wildman–Crippen LogP) is 1.70. The van der Waals surface area contributed by atoms with Crippen LogP contribution in [0.25, 0.3) is 16.3 Å². The molecule has 0 unspecified atom stereocenters. The molecule has 23 heavy (non-hydrogen) atoms. The molecule has 0 N–H and O–H groups in total. The molecule has 0 amide bonds. The van der Waals surface area contributed by atoms with Gasteiger partial charge >= 0.3 is 0 Å². The van der Waals surface area contributed by atoms with Crippen molar-refractivity contribution < 1.29 is 17.5 Å². The molecule has 2 aromatic rings. The molecule has 0 aliphatic heterocycles. The Morgan fingerprint density at radius 1 is 1.35 bits per heavy atom. The zero-order chi connectivity index (χ0) is 17.4. The molecule has 2 rings (SSSR count). The zero-order valence-electron chi connectivity index (χ0n) is 14.4. The van der Waals surface area contributed by atoms with E-state index in [0.717, 1.165) is 26.3 Å². The Balaban J connectivity index is 2.36. The smallest absolute Gasteiger partial charge is 0.261 e. The molecule has 1 aromatic heterocycles. The number of aryl methyl sites for hydroxylation is 1. The quantitative estimate of drug-likeness (QED) is 0.585. The van der Waals surface area contributed by atoms with Crippen LogP contribution in [-0.4, -0.2) is 58.5 Å². The lowest BCUT2D eigenvalue weighted by molar-refractivity contribution is -0.869. The van der Waals surface area contributed by atoms with Crippen molar-refractivity contribution in [1.82, 2.24) is 4.31 Å². The zero-order valence-corrected chi connectivity index (χ0v) is 16.0. The molecule has 0 aliphatic rings. The Hall–Kier alpha value is -1.28. The highest BCUT2D eigenvalue weighted by Gasteiger charge is 2.25. The molecular formula is C16H25N3O2S2+2. The largest absolute Gasteiger partial charge is 0.330 e. The minimum atomic E-state index is -3.47. The molecule has 0 aliphatic carbocycles. The average molecular weight is 356 g/mol. The predicted molar refractivity (Wildman–Crippen MR) is 95.8 cm³/mol. The maximum absolute atomic E-state index is 12.8. The van der Waals surface area contributed by atoms with Crippen LogP contribution < -0.4 is 4.57 Å². The summed E-state index contributed by atoms with van der Waals surface area (Å²) in [5.41, 5.74) is 1.01. The fourth-order valence-corrected chi connectivity index (χ4v) is 4.54. The lowest BCUT2D eigenvalue weighted by atomic mass is 10.3. The standard InChI is InChI=1S/C16H25N3O2S2/c1-7-16-18(3)14-9-8-13(12-15(14)22-16)23(20,21)17(2)10-11-19(4,5)6/h7-9,12H,1,10-11H2,2-6H3/q+2. The van der Waals surface area contributed by atoms with Gasteiger partial charge in [-0.05, 0) is 12.1 Å². The van der Waals surface area contributed by atoms with Gasteiger partial charge in [0, 0.05) is 19.2 Å². The third-order valence-corrected chi connectivity index (χ3v) is 6.86. The Morgan fingerprint density at radius 2 is 2.00 bits per heavy atom. The van der Waals surface area contributed by atoms with Crippen molar-refractivity contribution in [3.8, 4) is 0 Å². The van der Waals surface area contributed by atoms with Crippen LogP contribution in [0.1, 0.15) is 5.01 Å². The maximum atomic E-state index is 12.8. The minimum Gasteiger partial charge on any atom is -0.330 e. The number of benzene rings is 1. The van der Waals surface area contributed by atoms with Crippen LogP contribution in [0.5, 0.6) is 0 Å². The first kappa shape index (κ1) is 18.1. The van der Waals surface area contributed by atoms with E-state index in [9.17, 15) is 8.42 Å². The minimum absolute atomic E-state index is 0.339. The van der Waals surface area contributed by atoms with E-state index in [4.69, 9.17) is 0 Å². The number of hydrogen-bond donors (Lipinski definition) is 0. The monoisotopic (exact) mass is 355 g/mol. The molecule has 0 saturated heterocycles. The van der Waals surface area contributed by atoms with Crippen molar-refractivity contribution in [2.75, 3.05) is 41.3 Å². The van der Waals surface area contributed by atoms with E-state index < -0.39 is 10.0 Å². The Morgan fingerprint density at radius 3 is 2.57 bits per heavy atom. The fraction of sp³-hybridized carbons (Fsp3) is 0.438. The van der Waals surface area contributed by atoms with Crippen LogP contribution in [0, 0.1) is 0 Å². The van der Waals surface area contributed by atoms with Crippen LogP contribution in [-0.2, 0) is 17.1 Å². The van der Waals surface area contributed by atoms with Gasteiger partial charge in [-0.25, -0.2) is 8.42 Å². The molecule has 0 spiro atoms. The van der Waals surface area contributed by atoms with Crippen LogP contribution in [0.4, 0.5) is 0 Å². The van der Waals surface area contributed by atoms with Gasteiger partial charge in [0.25, 0.3) is 5.01 Å². The van der Waals surface area contributed by atoms with Crippen LogP contribution in [0.2, 0.25) is 0 Å². The molecular weight excluding hydrogens is 330 g/mol. The normalized spacial score (nSPS) is 13.0. The van der Waals surface area contributed by atoms with Crippen molar-refractivity contribution in [2.45, 2.75) is 4.90 Å². The highest BCUT2D eigenvalue weighted by Crippen LogP contribution is 2.25. The number of rotatable bonds is 6. The van der Waals surface area contributed by atoms with E-state index >= 15 is 0 Å². The second kappa shape index (κ2) is 6.32. The summed E-state index contributed by atoms with van der Waals surface area (Å²) in [4.78, 5) is 0.339. The second-order valence-corrected chi connectivity index (χ2v) is 9.78. The summed E-state index contributed by atoms with van der Waals surface area (Å²) in [7, 11) is 6.28. The maximum Gasteiger partial charge on any atom is 0.261 e. The first-order valence-electron chi connectivity index (χ1n) is 7.38. The Bertz CT molecular complexity index is 833. The van der Waals surface area contributed by atoms with Gasteiger partial charge < -0.3 is 4.48 Å². The average Bonchev–Trinajstić information content (AvgIpc) is 2.79. The molecule has 1 aromatic carbocycles. The number of likely N-dealkylation sites (N-methyl/N-ethyl adjacent to an activating group) is 2. The number of thiazole rings is 1. The van der Waals surface area contributed by atoms with E-state index in [0.29, 0.717) is 11.4 Å². The third kappa shape index (κ3) is 3.80. The number of nitrogens with zero attached hydrogens (tertiary/aromatic N) is 3. The summed E-state index contributed by atoms with van der Waals surface area (Å²) in [6, 6.07) is 5.30. The van der Waals surface area contributed by atoms with Crippen LogP contribution in [0.3, 0.4) is 0 Å². The fourth-order valence-electron chi connectivity index (χ4n) is 2.23. The first-order chi connectivity index (χ1) is 10.6. The van der Waals surface area contributed by atoms with E-state index in [-0.39, 0.29) is 0 Å². The van der Waals surface area contributed by atoms with Gasteiger partial charge in [0.15, 0.2) is 0 Å². The van der Waals surface area contributed by atoms with Crippen molar-refractivity contribution in [1.29, 1.82) is 0 Å². The van der Waals surface area contributed by atoms with Gasteiger partial charge in [-0.2, -0.15) is 8.87 Å². The molecule has 0 saturated carbocycles. The number of aromatic nitrogens is 1. The van der Waals surface area contributed by atoms with Gasteiger partial charge in [0.1, 0.15) is 11.7 Å².